The molecular weight excluding hydrogens is 430 g/mol. The second-order valence-electron chi connectivity index (χ2n) is 8.11. The summed E-state index contributed by atoms with van der Waals surface area (Å²) in [7, 11) is 1.46. The molecule has 6 nitrogen and oxygen atoms in total. The van der Waals surface area contributed by atoms with Gasteiger partial charge in [0.25, 0.3) is 11.7 Å². The first-order valence-corrected chi connectivity index (χ1v) is 11.0. The smallest absolute Gasteiger partial charge is 0.295 e. The van der Waals surface area contributed by atoms with Crippen molar-refractivity contribution in [2.24, 2.45) is 5.92 Å². The molecule has 0 saturated carbocycles. The summed E-state index contributed by atoms with van der Waals surface area (Å²) in [5.74, 6) is -0.371. The van der Waals surface area contributed by atoms with Gasteiger partial charge in [0.1, 0.15) is 17.3 Å². The number of carbonyl (C=O) groups excluding carboxylic acids is 2. The van der Waals surface area contributed by atoms with Gasteiger partial charge >= 0.3 is 0 Å². The van der Waals surface area contributed by atoms with Gasteiger partial charge in [-0.25, -0.2) is 0 Å². The number of nitrogens with zero attached hydrogens (tertiary/aromatic N) is 1. The van der Waals surface area contributed by atoms with Crippen LogP contribution in [0.2, 0.25) is 5.02 Å². The summed E-state index contributed by atoms with van der Waals surface area (Å²) in [6, 6.07) is 11.3. The highest BCUT2D eigenvalue weighted by molar-refractivity contribution is 6.46. The van der Waals surface area contributed by atoms with E-state index >= 15 is 0 Å². The Balaban J connectivity index is 2.17. The number of aliphatic hydroxyl groups is 1. The molecule has 1 aliphatic rings. The van der Waals surface area contributed by atoms with E-state index in [-0.39, 0.29) is 16.9 Å². The first-order valence-electron chi connectivity index (χ1n) is 10.6. The van der Waals surface area contributed by atoms with Crippen molar-refractivity contribution >= 4 is 29.1 Å². The normalized spacial score (nSPS) is 17.8. The minimum absolute atomic E-state index is 0.00465. The average Bonchev–Trinajstić information content (AvgIpc) is 3.02. The van der Waals surface area contributed by atoms with E-state index in [0.29, 0.717) is 47.6 Å². The summed E-state index contributed by atoms with van der Waals surface area (Å²) in [6.07, 6.45) is 0.660. The lowest BCUT2D eigenvalue weighted by atomic mass is 9.94. The van der Waals surface area contributed by atoms with Crippen molar-refractivity contribution in [1.29, 1.82) is 0 Å². The third kappa shape index (κ3) is 4.75. The molecule has 0 aliphatic carbocycles. The van der Waals surface area contributed by atoms with E-state index < -0.39 is 17.7 Å². The maximum absolute atomic E-state index is 13.1. The van der Waals surface area contributed by atoms with Crippen LogP contribution in [0, 0.1) is 5.92 Å². The number of carbonyl (C=O) groups is 2. The van der Waals surface area contributed by atoms with E-state index in [4.69, 9.17) is 21.1 Å². The molecule has 1 atom stereocenters. The predicted octanol–water partition coefficient (Wildman–Crippen LogP) is 5.22. The molecule has 7 heteroatoms. The number of amides is 1. The molecule has 1 unspecified atom stereocenters. The van der Waals surface area contributed by atoms with Crippen molar-refractivity contribution < 1.29 is 24.2 Å². The molecule has 2 aromatic rings. The highest BCUT2D eigenvalue weighted by Gasteiger charge is 2.46. The number of likely N-dealkylation sites (tertiary alicyclic amines) is 1. The van der Waals surface area contributed by atoms with E-state index in [2.05, 4.69) is 13.8 Å². The zero-order valence-electron chi connectivity index (χ0n) is 18.7. The third-order valence-electron chi connectivity index (χ3n) is 5.18. The summed E-state index contributed by atoms with van der Waals surface area (Å²) >= 11 is 6.13. The lowest BCUT2D eigenvalue weighted by molar-refractivity contribution is -0.139. The molecule has 1 aliphatic heterocycles. The van der Waals surface area contributed by atoms with Gasteiger partial charge in [-0.15, -0.1) is 0 Å². The monoisotopic (exact) mass is 457 g/mol. The van der Waals surface area contributed by atoms with Gasteiger partial charge in [-0.1, -0.05) is 44.5 Å². The van der Waals surface area contributed by atoms with Crippen molar-refractivity contribution in [3.05, 3.63) is 64.2 Å². The van der Waals surface area contributed by atoms with Crippen LogP contribution >= 0.6 is 11.6 Å². The Kier molecular flexibility index (Phi) is 7.46. The van der Waals surface area contributed by atoms with Crippen LogP contribution in [-0.4, -0.2) is 42.0 Å². The number of rotatable bonds is 8. The third-order valence-corrected chi connectivity index (χ3v) is 5.41. The molecular formula is C25H28ClNO5. The Morgan fingerprint density at radius 2 is 1.94 bits per heavy atom. The fourth-order valence-corrected chi connectivity index (χ4v) is 3.92. The molecule has 0 aromatic heterocycles. The molecule has 3 rings (SSSR count). The van der Waals surface area contributed by atoms with Gasteiger partial charge in [0, 0.05) is 11.6 Å². The van der Waals surface area contributed by atoms with E-state index in [9.17, 15) is 14.7 Å². The van der Waals surface area contributed by atoms with Crippen LogP contribution in [0.15, 0.2) is 48.0 Å². The number of benzene rings is 2. The number of hydrogen-bond donors (Lipinski definition) is 1. The van der Waals surface area contributed by atoms with Crippen molar-refractivity contribution in [2.75, 3.05) is 20.3 Å². The molecule has 32 heavy (non-hydrogen) atoms. The number of aliphatic hydroxyl groups excluding tert-OH is 1. The Morgan fingerprint density at radius 1 is 1.19 bits per heavy atom. The minimum atomic E-state index is -0.749. The van der Waals surface area contributed by atoms with Gasteiger partial charge in [-0.2, -0.15) is 0 Å². The van der Waals surface area contributed by atoms with Crippen molar-refractivity contribution in [3.63, 3.8) is 0 Å². The van der Waals surface area contributed by atoms with Crippen LogP contribution in [0.4, 0.5) is 0 Å². The fourth-order valence-electron chi connectivity index (χ4n) is 3.75. The number of ketones is 1. The van der Waals surface area contributed by atoms with Crippen LogP contribution in [0.1, 0.15) is 44.4 Å². The molecule has 1 amide bonds. The molecule has 1 saturated heterocycles. The summed E-state index contributed by atoms with van der Waals surface area (Å²) in [4.78, 5) is 27.4. The number of hydrogen-bond acceptors (Lipinski definition) is 5. The van der Waals surface area contributed by atoms with E-state index in [1.165, 1.54) is 18.1 Å². The Labute approximate surface area is 193 Å². The molecule has 170 valence electrons. The topological polar surface area (TPSA) is 76.1 Å². The fraction of sp³-hybridized carbons (Fsp3) is 0.360. The average molecular weight is 458 g/mol. The summed E-state index contributed by atoms with van der Waals surface area (Å²) in [5.41, 5.74) is 0.943. The number of ether oxygens (including phenoxy) is 2. The molecule has 0 spiro atoms. The first kappa shape index (κ1) is 23.7. The van der Waals surface area contributed by atoms with Gasteiger partial charge in [-0.3, -0.25) is 9.59 Å². The lowest BCUT2D eigenvalue weighted by Crippen LogP contribution is -2.30. The van der Waals surface area contributed by atoms with Crippen LogP contribution < -0.4 is 9.47 Å². The van der Waals surface area contributed by atoms with Gasteiger partial charge < -0.3 is 19.5 Å². The zero-order valence-corrected chi connectivity index (χ0v) is 19.5. The lowest BCUT2D eigenvalue weighted by Gasteiger charge is -2.25. The number of Topliss-reactive ketones (excluding diaryl/α,β-unsaturated/α-hetero) is 1. The predicted molar refractivity (Wildman–Crippen MR) is 124 cm³/mol. The van der Waals surface area contributed by atoms with Crippen molar-refractivity contribution in [2.45, 2.75) is 33.2 Å². The standard InChI is InChI=1S/C25H28ClNO5/c1-5-11-27-22(16-7-6-8-18(12-16)32-14-15(2)3)21(24(29)25(27)30)23(28)19-13-17(26)9-10-20(19)31-4/h6-10,12-13,15,22,28H,5,11,14H2,1-4H3/b23-21+. The van der Waals surface area contributed by atoms with Gasteiger partial charge in [0.05, 0.1) is 30.9 Å². The maximum Gasteiger partial charge on any atom is 0.295 e. The van der Waals surface area contributed by atoms with Gasteiger partial charge in [-0.05, 0) is 48.2 Å². The maximum atomic E-state index is 13.1. The van der Waals surface area contributed by atoms with E-state index in [1.54, 1.807) is 12.1 Å². The largest absolute Gasteiger partial charge is 0.507 e. The van der Waals surface area contributed by atoms with Crippen LogP contribution in [0.5, 0.6) is 11.5 Å². The van der Waals surface area contributed by atoms with Crippen LogP contribution in [-0.2, 0) is 9.59 Å². The van der Waals surface area contributed by atoms with Gasteiger partial charge in [0.15, 0.2) is 0 Å². The van der Waals surface area contributed by atoms with E-state index in [1.807, 2.05) is 31.2 Å². The second-order valence-corrected chi connectivity index (χ2v) is 8.55. The van der Waals surface area contributed by atoms with Crippen molar-refractivity contribution in [3.8, 4) is 11.5 Å². The summed E-state index contributed by atoms with van der Waals surface area (Å²) < 4.78 is 11.2. The molecule has 1 fully saturated rings. The summed E-state index contributed by atoms with van der Waals surface area (Å²) in [5, 5.41) is 11.6. The van der Waals surface area contributed by atoms with Crippen LogP contribution in [0.3, 0.4) is 0 Å². The minimum Gasteiger partial charge on any atom is -0.507 e. The number of methoxy groups -OCH3 is 1. The summed E-state index contributed by atoms with van der Waals surface area (Å²) in [6.45, 7) is 6.95. The zero-order chi connectivity index (χ0) is 23.4. The van der Waals surface area contributed by atoms with Crippen LogP contribution in [0.25, 0.3) is 5.76 Å². The van der Waals surface area contributed by atoms with E-state index in [0.717, 1.165) is 0 Å². The highest BCUT2D eigenvalue weighted by atomic mass is 35.5. The van der Waals surface area contributed by atoms with Crippen molar-refractivity contribution in [1.82, 2.24) is 4.90 Å². The van der Waals surface area contributed by atoms with Gasteiger partial charge in [0.2, 0.25) is 0 Å². The number of halogens is 1. The second kappa shape index (κ2) is 10.1. The molecule has 2 aromatic carbocycles. The Morgan fingerprint density at radius 3 is 2.59 bits per heavy atom. The molecule has 1 heterocycles. The highest BCUT2D eigenvalue weighted by Crippen LogP contribution is 2.42. The molecule has 0 radical (unpaired) electrons. The molecule has 1 N–H and O–H groups in total. The Hall–Kier alpha value is -2.99. The Bertz CT molecular complexity index is 1050. The molecule has 0 bridgehead atoms. The SMILES string of the molecule is CCCN1C(=O)C(=O)/C(=C(/O)c2cc(Cl)ccc2OC)C1c1cccc(OCC(C)C)c1. The first-order chi connectivity index (χ1) is 15.3. The quantitative estimate of drug-likeness (QED) is 0.334.